The van der Waals surface area contributed by atoms with E-state index in [0.29, 0.717) is 13.2 Å². The van der Waals surface area contributed by atoms with E-state index in [-0.39, 0.29) is 18.7 Å². The quantitative estimate of drug-likeness (QED) is 0.557. The van der Waals surface area contributed by atoms with Crippen LogP contribution in [0.2, 0.25) is 0 Å². The summed E-state index contributed by atoms with van der Waals surface area (Å²) in [5.74, 6) is 0. The highest BCUT2D eigenvalue weighted by Crippen LogP contribution is 2.06. The second-order valence-electron chi connectivity index (χ2n) is 5.97. The third-order valence-electron chi connectivity index (χ3n) is 2.56. The Morgan fingerprint density at radius 3 is 2.50 bits per heavy atom. The molecular weight excluding hydrogens is 260 g/mol. The van der Waals surface area contributed by atoms with E-state index in [0.717, 1.165) is 12.8 Å². The summed E-state index contributed by atoms with van der Waals surface area (Å²) in [6.45, 7) is 8.66. The van der Waals surface area contributed by atoms with Gasteiger partial charge in [0.05, 0.1) is 13.2 Å². The van der Waals surface area contributed by atoms with E-state index in [2.05, 4.69) is 10.6 Å². The van der Waals surface area contributed by atoms with Gasteiger partial charge in [0.1, 0.15) is 5.60 Å². The molecule has 0 radical (unpaired) electrons. The number of aliphatic hydroxyl groups is 1. The first kappa shape index (κ1) is 19.1. The maximum atomic E-state index is 11.4. The van der Waals surface area contributed by atoms with E-state index >= 15 is 0 Å². The van der Waals surface area contributed by atoms with Gasteiger partial charge in [-0.2, -0.15) is 0 Å². The van der Waals surface area contributed by atoms with Gasteiger partial charge in [-0.05, 0) is 40.5 Å². The minimum absolute atomic E-state index is 0.0361. The minimum Gasteiger partial charge on any atom is -0.444 e. The molecule has 20 heavy (non-hydrogen) atoms. The summed E-state index contributed by atoms with van der Waals surface area (Å²) >= 11 is 0. The molecule has 2 unspecified atom stereocenters. The predicted molar refractivity (Wildman–Crippen MR) is 78.8 cm³/mol. The lowest BCUT2D eigenvalue weighted by atomic mass is 10.1. The van der Waals surface area contributed by atoms with E-state index < -0.39 is 11.7 Å². The second-order valence-corrected chi connectivity index (χ2v) is 5.97. The Morgan fingerprint density at radius 2 is 2.00 bits per heavy atom. The van der Waals surface area contributed by atoms with Crippen LogP contribution in [-0.4, -0.2) is 55.8 Å². The first-order valence-corrected chi connectivity index (χ1v) is 7.11. The largest absolute Gasteiger partial charge is 0.444 e. The van der Waals surface area contributed by atoms with E-state index in [1.54, 1.807) is 7.11 Å². The monoisotopic (exact) mass is 290 g/mol. The number of methoxy groups -OCH3 is 1. The molecule has 3 N–H and O–H groups in total. The smallest absolute Gasteiger partial charge is 0.407 e. The Kier molecular flexibility index (Phi) is 9.54. The molecule has 6 heteroatoms. The number of carbonyl (C=O) groups is 1. The summed E-state index contributed by atoms with van der Waals surface area (Å²) in [5.41, 5.74) is -0.471. The van der Waals surface area contributed by atoms with Crippen molar-refractivity contribution in [1.29, 1.82) is 0 Å². The lowest BCUT2D eigenvalue weighted by Gasteiger charge is -2.22. The summed E-state index contributed by atoms with van der Waals surface area (Å²) in [4.78, 5) is 11.4. The van der Waals surface area contributed by atoms with Crippen LogP contribution >= 0.6 is 0 Å². The number of amides is 1. The Balaban J connectivity index is 3.85. The Hall–Kier alpha value is -0.850. The average molecular weight is 290 g/mol. The van der Waals surface area contributed by atoms with Crippen molar-refractivity contribution in [2.75, 3.05) is 26.9 Å². The van der Waals surface area contributed by atoms with Gasteiger partial charge >= 0.3 is 6.09 Å². The zero-order valence-corrected chi connectivity index (χ0v) is 13.4. The van der Waals surface area contributed by atoms with Gasteiger partial charge in [-0.1, -0.05) is 0 Å². The summed E-state index contributed by atoms with van der Waals surface area (Å²) in [6, 6.07) is 0.205. The third kappa shape index (κ3) is 11.0. The zero-order valence-electron chi connectivity index (χ0n) is 13.4. The third-order valence-corrected chi connectivity index (χ3v) is 2.56. The minimum atomic E-state index is -0.471. The van der Waals surface area contributed by atoms with Gasteiger partial charge in [0.15, 0.2) is 0 Å². The van der Waals surface area contributed by atoms with Gasteiger partial charge in [-0.25, -0.2) is 4.79 Å². The average Bonchev–Trinajstić information content (AvgIpc) is 2.32. The van der Waals surface area contributed by atoms with Crippen LogP contribution in [0, 0.1) is 0 Å². The first-order chi connectivity index (χ1) is 9.28. The van der Waals surface area contributed by atoms with Crippen LogP contribution in [0.3, 0.4) is 0 Å². The molecule has 120 valence electrons. The second kappa shape index (κ2) is 9.96. The van der Waals surface area contributed by atoms with Crippen molar-refractivity contribution in [3.63, 3.8) is 0 Å². The van der Waals surface area contributed by atoms with Gasteiger partial charge < -0.3 is 25.2 Å². The summed E-state index contributed by atoms with van der Waals surface area (Å²) in [7, 11) is 1.65. The summed E-state index contributed by atoms with van der Waals surface area (Å²) in [6.07, 6.45) is 1.28. The Bertz CT molecular complexity index is 266. The fourth-order valence-electron chi connectivity index (χ4n) is 1.72. The normalized spacial score (nSPS) is 14.7. The molecule has 0 fully saturated rings. The molecule has 0 rings (SSSR count). The molecule has 0 heterocycles. The fourth-order valence-corrected chi connectivity index (χ4v) is 1.72. The lowest BCUT2D eigenvalue weighted by Crippen LogP contribution is -2.41. The molecule has 0 aromatic rings. The van der Waals surface area contributed by atoms with Gasteiger partial charge in [0, 0.05) is 25.7 Å². The van der Waals surface area contributed by atoms with Crippen LogP contribution in [0.5, 0.6) is 0 Å². The van der Waals surface area contributed by atoms with E-state index in [4.69, 9.17) is 14.6 Å². The van der Waals surface area contributed by atoms with Crippen molar-refractivity contribution in [3.8, 4) is 0 Å². The van der Waals surface area contributed by atoms with Gasteiger partial charge in [0.25, 0.3) is 0 Å². The van der Waals surface area contributed by atoms with E-state index in [9.17, 15) is 4.79 Å². The number of hydrogen-bond acceptors (Lipinski definition) is 5. The SMILES string of the molecule is COCC(CCCNC(=O)OC(C)(C)C)NC(C)CO. The molecule has 0 aromatic heterocycles. The Morgan fingerprint density at radius 1 is 1.35 bits per heavy atom. The summed E-state index contributed by atoms with van der Waals surface area (Å²) < 4.78 is 10.3. The van der Waals surface area contributed by atoms with E-state index in [1.165, 1.54) is 0 Å². The molecule has 0 aliphatic heterocycles. The molecule has 0 aliphatic carbocycles. The number of hydrogen-bond donors (Lipinski definition) is 3. The van der Waals surface area contributed by atoms with Crippen LogP contribution in [0.15, 0.2) is 0 Å². The molecule has 0 saturated carbocycles. The number of aliphatic hydroxyl groups excluding tert-OH is 1. The van der Waals surface area contributed by atoms with Crippen molar-refractivity contribution in [1.82, 2.24) is 10.6 Å². The standard InChI is InChI=1S/C14H30N2O4/c1-11(9-17)16-12(10-19-5)7-6-8-15-13(18)20-14(2,3)4/h11-12,16-17H,6-10H2,1-5H3,(H,15,18). The topological polar surface area (TPSA) is 79.8 Å². The van der Waals surface area contributed by atoms with Gasteiger partial charge in [-0.15, -0.1) is 0 Å². The number of carbonyl (C=O) groups excluding carboxylic acids is 1. The first-order valence-electron chi connectivity index (χ1n) is 7.11. The van der Waals surface area contributed by atoms with Gasteiger partial charge in [-0.3, -0.25) is 0 Å². The molecule has 2 atom stereocenters. The molecular formula is C14H30N2O4. The van der Waals surface area contributed by atoms with Crippen LogP contribution in [0.1, 0.15) is 40.5 Å². The molecule has 0 bridgehead atoms. The molecule has 1 amide bonds. The van der Waals surface area contributed by atoms with E-state index in [1.807, 2.05) is 27.7 Å². The lowest BCUT2D eigenvalue weighted by molar-refractivity contribution is 0.0526. The fraction of sp³-hybridized carbons (Fsp3) is 0.929. The molecule has 0 spiro atoms. The van der Waals surface area contributed by atoms with Crippen LogP contribution in [-0.2, 0) is 9.47 Å². The highest BCUT2D eigenvalue weighted by molar-refractivity contribution is 5.67. The van der Waals surface area contributed by atoms with Crippen LogP contribution in [0.4, 0.5) is 4.79 Å². The van der Waals surface area contributed by atoms with Crippen molar-refractivity contribution in [3.05, 3.63) is 0 Å². The summed E-state index contributed by atoms with van der Waals surface area (Å²) in [5, 5.41) is 15.0. The maximum absolute atomic E-state index is 11.4. The number of alkyl carbamates (subject to hydrolysis) is 1. The van der Waals surface area contributed by atoms with Gasteiger partial charge in [0.2, 0.25) is 0 Å². The number of ether oxygens (including phenoxy) is 2. The molecule has 6 nitrogen and oxygen atoms in total. The zero-order chi connectivity index (χ0) is 15.6. The maximum Gasteiger partial charge on any atom is 0.407 e. The number of rotatable bonds is 9. The molecule has 0 aliphatic rings. The van der Waals surface area contributed by atoms with Crippen molar-refractivity contribution in [2.45, 2.75) is 58.2 Å². The van der Waals surface area contributed by atoms with Crippen molar-refractivity contribution in [2.24, 2.45) is 0 Å². The van der Waals surface area contributed by atoms with Crippen LogP contribution in [0.25, 0.3) is 0 Å². The van der Waals surface area contributed by atoms with Crippen molar-refractivity contribution >= 4 is 6.09 Å². The Labute approximate surface area is 122 Å². The number of nitrogens with one attached hydrogen (secondary N) is 2. The van der Waals surface area contributed by atoms with Crippen molar-refractivity contribution < 1.29 is 19.4 Å². The molecule has 0 aromatic carbocycles. The highest BCUT2D eigenvalue weighted by atomic mass is 16.6. The predicted octanol–water partition coefficient (Wildman–Crippen LogP) is 1.28. The van der Waals surface area contributed by atoms with Crippen LogP contribution < -0.4 is 10.6 Å². The molecule has 0 saturated heterocycles. The highest BCUT2D eigenvalue weighted by Gasteiger charge is 2.16.